The van der Waals surface area contributed by atoms with E-state index in [1.54, 1.807) is 24.3 Å². The Morgan fingerprint density at radius 3 is 2.21 bits per heavy atom. The molecule has 3 aromatic rings. The Balaban J connectivity index is 1.63. The summed E-state index contributed by atoms with van der Waals surface area (Å²) >= 11 is 0. The van der Waals surface area contributed by atoms with Crippen LogP contribution in [-0.4, -0.2) is 30.6 Å². The summed E-state index contributed by atoms with van der Waals surface area (Å²) in [6.45, 7) is 0.789. The summed E-state index contributed by atoms with van der Waals surface area (Å²) in [5.74, 6) is -1.80. The molecular formula is C27H23F5N2O4. The smallest absolute Gasteiger partial charge is 0.416 e. The van der Waals surface area contributed by atoms with E-state index in [9.17, 15) is 31.5 Å². The number of hydrogen-bond donors (Lipinski definition) is 1. The van der Waals surface area contributed by atoms with Crippen LogP contribution >= 0.6 is 0 Å². The molecule has 6 nitrogen and oxygen atoms in total. The molecule has 0 spiro atoms. The Kier molecular flexibility index (Phi) is 7.41. The van der Waals surface area contributed by atoms with Crippen LogP contribution in [0.5, 0.6) is 5.75 Å². The molecule has 0 aromatic heterocycles. The lowest BCUT2D eigenvalue weighted by atomic mass is 9.90. The zero-order valence-corrected chi connectivity index (χ0v) is 20.3. The summed E-state index contributed by atoms with van der Waals surface area (Å²) in [6, 6.07) is 12.8. The third-order valence-corrected chi connectivity index (χ3v) is 6.28. The maximum absolute atomic E-state index is 13.9. The van der Waals surface area contributed by atoms with Crippen LogP contribution < -0.4 is 10.1 Å². The number of methoxy groups -OCH3 is 1. The number of amides is 3. The molecule has 2 unspecified atom stereocenters. The molecule has 1 aliphatic heterocycles. The van der Waals surface area contributed by atoms with Gasteiger partial charge in [0.25, 0.3) is 5.91 Å². The van der Waals surface area contributed by atoms with Crippen LogP contribution in [0.25, 0.3) is 0 Å². The van der Waals surface area contributed by atoms with Gasteiger partial charge < -0.3 is 14.8 Å². The van der Waals surface area contributed by atoms with Gasteiger partial charge in [0.15, 0.2) is 5.54 Å². The summed E-state index contributed by atoms with van der Waals surface area (Å²) in [4.78, 5) is 27.6. The van der Waals surface area contributed by atoms with E-state index in [-0.39, 0.29) is 17.7 Å². The molecule has 1 heterocycles. The Bertz CT molecular complexity index is 1330. The number of rotatable bonds is 8. The highest BCUT2D eigenvalue weighted by atomic mass is 19.4. The predicted molar refractivity (Wildman–Crippen MR) is 126 cm³/mol. The topological polar surface area (TPSA) is 67.9 Å². The average Bonchev–Trinajstić information content (AvgIpc) is 3.12. The summed E-state index contributed by atoms with van der Waals surface area (Å²) in [6.07, 6.45) is -5.87. The largest absolute Gasteiger partial charge is 0.497 e. The van der Waals surface area contributed by atoms with Crippen molar-refractivity contribution in [2.75, 3.05) is 13.7 Å². The number of imide groups is 1. The second-order valence-electron chi connectivity index (χ2n) is 8.81. The van der Waals surface area contributed by atoms with Crippen LogP contribution in [0.2, 0.25) is 0 Å². The standard InChI is InChI=1S/C27H23F5N2O4/c1-16(18-11-20(27(30,31)32)13-22(29)12-18)38-15-26(19-5-7-21(28)8-6-19)24(35)34(25(36)33-26)14-17-3-9-23(37-2)10-4-17/h3-13,16H,14-15H2,1-2H3,(H,33,36). The lowest BCUT2D eigenvalue weighted by Crippen LogP contribution is -2.48. The molecule has 2 atom stereocenters. The first-order chi connectivity index (χ1) is 17.9. The maximum Gasteiger partial charge on any atom is 0.416 e. The molecule has 4 rings (SSSR count). The van der Waals surface area contributed by atoms with Gasteiger partial charge in [0.1, 0.15) is 17.4 Å². The van der Waals surface area contributed by atoms with Gasteiger partial charge in [-0.1, -0.05) is 24.3 Å². The molecule has 1 N–H and O–H groups in total. The van der Waals surface area contributed by atoms with Gasteiger partial charge in [0, 0.05) is 0 Å². The zero-order chi connectivity index (χ0) is 27.7. The summed E-state index contributed by atoms with van der Waals surface area (Å²) in [7, 11) is 1.50. The SMILES string of the molecule is COc1ccc(CN2C(=O)NC(COC(C)c3cc(F)cc(C(F)(F)F)c3)(c3ccc(F)cc3)C2=O)cc1. The van der Waals surface area contributed by atoms with E-state index >= 15 is 0 Å². The normalized spacial score (nSPS) is 18.4. The number of carbonyl (C=O) groups excluding carboxylic acids is 2. The molecule has 38 heavy (non-hydrogen) atoms. The Hall–Kier alpha value is -3.99. The Morgan fingerprint density at radius 2 is 1.61 bits per heavy atom. The molecule has 0 aliphatic carbocycles. The van der Waals surface area contributed by atoms with Crippen LogP contribution in [0.4, 0.5) is 26.7 Å². The van der Waals surface area contributed by atoms with E-state index < -0.39 is 53.6 Å². The zero-order valence-electron chi connectivity index (χ0n) is 20.3. The van der Waals surface area contributed by atoms with Gasteiger partial charge in [-0.25, -0.2) is 13.6 Å². The van der Waals surface area contributed by atoms with Gasteiger partial charge in [0.2, 0.25) is 0 Å². The van der Waals surface area contributed by atoms with Crippen molar-refractivity contribution in [3.63, 3.8) is 0 Å². The molecule has 3 amide bonds. The van der Waals surface area contributed by atoms with Crippen molar-refractivity contribution < 1.29 is 41.0 Å². The van der Waals surface area contributed by atoms with E-state index in [0.717, 1.165) is 29.2 Å². The lowest BCUT2D eigenvalue weighted by Gasteiger charge is -2.29. The first-order valence-electron chi connectivity index (χ1n) is 11.5. The Labute approximate surface area is 215 Å². The molecule has 200 valence electrons. The van der Waals surface area contributed by atoms with Crippen molar-refractivity contribution in [1.82, 2.24) is 10.2 Å². The van der Waals surface area contributed by atoms with Crippen LogP contribution in [0.15, 0.2) is 66.7 Å². The quantitative estimate of drug-likeness (QED) is 0.297. The number of nitrogens with one attached hydrogen (secondary N) is 1. The molecule has 3 aromatic carbocycles. The van der Waals surface area contributed by atoms with Crippen molar-refractivity contribution in [3.05, 3.63) is 101 Å². The minimum atomic E-state index is -4.77. The van der Waals surface area contributed by atoms with E-state index in [0.29, 0.717) is 17.4 Å². The van der Waals surface area contributed by atoms with Gasteiger partial charge in [-0.05, 0) is 66.1 Å². The van der Waals surface area contributed by atoms with Crippen LogP contribution in [-0.2, 0) is 27.8 Å². The van der Waals surface area contributed by atoms with Gasteiger partial charge in [-0.2, -0.15) is 13.2 Å². The second-order valence-corrected chi connectivity index (χ2v) is 8.81. The van der Waals surface area contributed by atoms with Crippen LogP contribution in [0.1, 0.15) is 35.3 Å². The average molecular weight is 534 g/mol. The highest BCUT2D eigenvalue weighted by Gasteiger charge is 2.53. The van der Waals surface area contributed by atoms with Crippen molar-refractivity contribution in [2.45, 2.75) is 31.3 Å². The monoisotopic (exact) mass is 534 g/mol. The summed E-state index contributed by atoms with van der Waals surface area (Å²) in [5, 5.41) is 2.61. The number of nitrogens with zero attached hydrogens (tertiary/aromatic N) is 1. The molecule has 0 saturated carbocycles. The summed E-state index contributed by atoms with van der Waals surface area (Å²) < 4.78 is 78.0. The number of carbonyl (C=O) groups is 2. The molecule has 0 bridgehead atoms. The molecule has 11 heteroatoms. The molecule has 1 saturated heterocycles. The fraction of sp³-hybridized carbons (Fsp3) is 0.259. The third kappa shape index (κ3) is 5.47. The predicted octanol–water partition coefficient (Wildman–Crippen LogP) is 5.72. The lowest BCUT2D eigenvalue weighted by molar-refractivity contribution is -0.137. The Morgan fingerprint density at radius 1 is 0.947 bits per heavy atom. The first kappa shape index (κ1) is 27.1. The highest BCUT2D eigenvalue weighted by molar-refractivity contribution is 6.07. The summed E-state index contributed by atoms with van der Waals surface area (Å²) in [5.41, 5.74) is -2.27. The minimum Gasteiger partial charge on any atom is -0.497 e. The van der Waals surface area contributed by atoms with Gasteiger partial charge in [-0.3, -0.25) is 9.69 Å². The number of hydrogen-bond acceptors (Lipinski definition) is 4. The van der Waals surface area contributed by atoms with E-state index in [1.165, 1.54) is 26.2 Å². The number of alkyl halides is 3. The fourth-order valence-corrected chi connectivity index (χ4v) is 4.15. The molecule has 0 radical (unpaired) electrons. The van der Waals surface area contributed by atoms with Crippen molar-refractivity contribution in [3.8, 4) is 5.75 Å². The molecular weight excluding hydrogens is 511 g/mol. The second kappa shape index (κ2) is 10.4. The van der Waals surface area contributed by atoms with Crippen LogP contribution in [0.3, 0.4) is 0 Å². The number of halogens is 5. The fourth-order valence-electron chi connectivity index (χ4n) is 4.15. The number of ether oxygens (including phenoxy) is 2. The number of urea groups is 1. The third-order valence-electron chi connectivity index (χ3n) is 6.28. The van der Waals surface area contributed by atoms with Crippen molar-refractivity contribution >= 4 is 11.9 Å². The molecule has 1 fully saturated rings. The number of benzene rings is 3. The van der Waals surface area contributed by atoms with Gasteiger partial charge in [-0.15, -0.1) is 0 Å². The highest BCUT2D eigenvalue weighted by Crippen LogP contribution is 2.35. The van der Waals surface area contributed by atoms with Gasteiger partial charge >= 0.3 is 12.2 Å². The minimum absolute atomic E-state index is 0.0913. The van der Waals surface area contributed by atoms with Crippen LogP contribution in [0, 0.1) is 11.6 Å². The van der Waals surface area contributed by atoms with Crippen molar-refractivity contribution in [2.24, 2.45) is 0 Å². The first-order valence-corrected chi connectivity index (χ1v) is 11.5. The molecule has 1 aliphatic rings. The van der Waals surface area contributed by atoms with Crippen molar-refractivity contribution in [1.29, 1.82) is 0 Å². The van der Waals surface area contributed by atoms with Gasteiger partial charge in [0.05, 0.1) is 31.9 Å². The van der Waals surface area contributed by atoms with E-state index in [4.69, 9.17) is 9.47 Å². The van der Waals surface area contributed by atoms with E-state index in [1.807, 2.05) is 0 Å². The maximum atomic E-state index is 13.9. The van der Waals surface area contributed by atoms with E-state index in [2.05, 4.69) is 5.32 Å².